The quantitative estimate of drug-likeness (QED) is 0.413. The van der Waals surface area contributed by atoms with Crippen LogP contribution in [0.1, 0.15) is 20.3 Å². The van der Waals surface area contributed by atoms with E-state index in [2.05, 4.69) is 15.6 Å². The molecule has 4 unspecified atom stereocenters. The third-order valence-electron chi connectivity index (χ3n) is 6.67. The smallest absolute Gasteiger partial charge is 0.343 e. The van der Waals surface area contributed by atoms with E-state index in [1.54, 1.807) is 32.0 Å². The fourth-order valence-electron chi connectivity index (χ4n) is 5.27. The third kappa shape index (κ3) is 3.44. The maximum atomic E-state index is 13.0. The van der Waals surface area contributed by atoms with E-state index in [1.807, 2.05) is 18.2 Å². The lowest BCUT2D eigenvalue weighted by molar-refractivity contribution is -0.144. The van der Waals surface area contributed by atoms with E-state index in [1.165, 1.54) is 0 Å². The van der Waals surface area contributed by atoms with E-state index >= 15 is 0 Å². The average Bonchev–Trinajstić information content (AvgIpc) is 3.42. The molecule has 1 aromatic carbocycles. The summed E-state index contributed by atoms with van der Waals surface area (Å²) in [6, 6.07) is 7.16. The van der Waals surface area contributed by atoms with Crippen LogP contribution in [0.3, 0.4) is 0 Å². The molecule has 2 N–H and O–H groups in total. The number of amides is 3. The predicted octanol–water partition coefficient (Wildman–Crippen LogP) is 1.90. The first-order valence-corrected chi connectivity index (χ1v) is 11.1. The van der Waals surface area contributed by atoms with Crippen molar-refractivity contribution in [1.82, 2.24) is 10.2 Å². The highest BCUT2D eigenvalue weighted by atomic mass is 16.5. The van der Waals surface area contributed by atoms with Crippen molar-refractivity contribution in [3.05, 3.63) is 47.7 Å². The Labute approximate surface area is 190 Å². The van der Waals surface area contributed by atoms with E-state index in [4.69, 9.17) is 4.74 Å². The molecule has 2 aliphatic carbocycles. The standard InChI is InChI=1S/C24H24N4O5/c1-3-33-24(32)18-12(2)25-15-6-4-5-7-16(15)26-21(18)27-17(29)11-28-22(30)19-13-8-9-14(10-13)20(19)23(28)31/h4-9,13-14,19-20,25H,3,10-11H2,1-2H3,(H,26,27,29). The van der Waals surface area contributed by atoms with Gasteiger partial charge in [0.1, 0.15) is 18.0 Å². The van der Waals surface area contributed by atoms with Gasteiger partial charge in [0.25, 0.3) is 0 Å². The summed E-state index contributed by atoms with van der Waals surface area (Å²) in [5.74, 6) is -2.45. The summed E-state index contributed by atoms with van der Waals surface area (Å²) in [6.45, 7) is 3.10. The lowest BCUT2D eigenvalue weighted by Gasteiger charge is -2.18. The van der Waals surface area contributed by atoms with Crippen LogP contribution in [-0.4, -0.2) is 47.6 Å². The zero-order valence-corrected chi connectivity index (χ0v) is 18.3. The number of allylic oxidation sites excluding steroid dienone is 3. The molecule has 2 bridgehead atoms. The van der Waals surface area contributed by atoms with Crippen LogP contribution in [-0.2, 0) is 23.9 Å². The van der Waals surface area contributed by atoms with Crippen LogP contribution in [0.2, 0.25) is 0 Å². The summed E-state index contributed by atoms with van der Waals surface area (Å²) in [5, 5.41) is 5.77. The highest BCUT2D eigenvalue weighted by Crippen LogP contribution is 2.52. The summed E-state index contributed by atoms with van der Waals surface area (Å²) in [7, 11) is 0. The lowest BCUT2D eigenvalue weighted by Crippen LogP contribution is -2.44. The van der Waals surface area contributed by atoms with Gasteiger partial charge in [-0.15, -0.1) is 0 Å². The number of para-hydroxylation sites is 2. The number of nitrogens with zero attached hydrogens (tertiary/aromatic N) is 2. The number of hydrogen-bond acceptors (Lipinski definition) is 7. The topological polar surface area (TPSA) is 117 Å². The number of ether oxygens (including phenoxy) is 1. The maximum Gasteiger partial charge on any atom is 0.343 e. The molecule has 5 rings (SSSR count). The number of rotatable bonds is 4. The molecule has 2 fully saturated rings. The highest BCUT2D eigenvalue weighted by molar-refractivity contribution is 6.24. The minimum absolute atomic E-state index is 0.00873. The number of imide groups is 1. The third-order valence-corrected chi connectivity index (χ3v) is 6.67. The van der Waals surface area contributed by atoms with Gasteiger partial charge in [-0.25, -0.2) is 9.79 Å². The average molecular weight is 448 g/mol. The van der Waals surface area contributed by atoms with Crippen molar-refractivity contribution >= 4 is 40.9 Å². The Bertz CT molecular complexity index is 1140. The fourth-order valence-corrected chi connectivity index (χ4v) is 5.27. The second-order valence-corrected chi connectivity index (χ2v) is 8.63. The molecule has 4 aliphatic rings. The van der Waals surface area contributed by atoms with Gasteiger partial charge in [0.15, 0.2) is 0 Å². The van der Waals surface area contributed by atoms with Crippen molar-refractivity contribution < 1.29 is 23.9 Å². The Balaban J connectivity index is 1.39. The normalized spacial score (nSPS) is 27.1. The van der Waals surface area contributed by atoms with E-state index in [9.17, 15) is 19.2 Å². The molecular formula is C24H24N4O5. The van der Waals surface area contributed by atoms with Crippen LogP contribution in [0.5, 0.6) is 0 Å². The van der Waals surface area contributed by atoms with Gasteiger partial charge in [0.05, 0.1) is 29.8 Å². The van der Waals surface area contributed by atoms with Gasteiger partial charge < -0.3 is 15.4 Å². The number of nitrogens with one attached hydrogen (secondary N) is 2. The minimum atomic E-state index is -0.639. The number of hydrogen-bond donors (Lipinski definition) is 2. The molecule has 33 heavy (non-hydrogen) atoms. The minimum Gasteiger partial charge on any atom is -0.462 e. The van der Waals surface area contributed by atoms with Crippen LogP contribution in [0, 0.1) is 23.7 Å². The molecule has 1 saturated carbocycles. The Morgan fingerprint density at radius 2 is 1.82 bits per heavy atom. The Kier molecular flexibility index (Phi) is 5.11. The number of fused-ring (bicyclic) bond motifs is 6. The molecule has 2 aliphatic heterocycles. The molecule has 0 aromatic heterocycles. The molecule has 0 radical (unpaired) electrons. The number of carbonyl (C=O) groups is 4. The summed E-state index contributed by atoms with van der Waals surface area (Å²) < 4.78 is 5.17. The number of aliphatic imine (C=N–C) groups is 1. The zero-order valence-electron chi connectivity index (χ0n) is 18.3. The van der Waals surface area contributed by atoms with E-state index in [0.717, 1.165) is 11.3 Å². The van der Waals surface area contributed by atoms with Gasteiger partial charge in [0.2, 0.25) is 17.7 Å². The number of anilines is 1. The van der Waals surface area contributed by atoms with Gasteiger partial charge in [-0.3, -0.25) is 19.3 Å². The van der Waals surface area contributed by atoms with Crippen molar-refractivity contribution in [3.63, 3.8) is 0 Å². The van der Waals surface area contributed by atoms with Gasteiger partial charge >= 0.3 is 5.97 Å². The fraction of sp³-hybridized carbons (Fsp3) is 0.375. The summed E-state index contributed by atoms with van der Waals surface area (Å²) in [5.41, 5.74) is 1.74. The molecule has 9 nitrogen and oxygen atoms in total. The van der Waals surface area contributed by atoms with Crippen LogP contribution in [0.15, 0.2) is 52.7 Å². The SMILES string of the molecule is CCOC(=O)C1=C(C)Nc2ccccc2N=C1NC(=O)CN1C(=O)C2C3C=CC(C3)C2C1=O. The van der Waals surface area contributed by atoms with Crippen LogP contribution in [0.4, 0.5) is 11.4 Å². The van der Waals surface area contributed by atoms with Crippen LogP contribution >= 0.6 is 0 Å². The molecule has 1 saturated heterocycles. The van der Waals surface area contributed by atoms with Crippen LogP contribution in [0.25, 0.3) is 0 Å². The summed E-state index contributed by atoms with van der Waals surface area (Å²) >= 11 is 0. The van der Waals surface area contributed by atoms with Gasteiger partial charge in [-0.2, -0.15) is 0 Å². The molecule has 9 heteroatoms. The molecule has 2 heterocycles. The predicted molar refractivity (Wildman–Crippen MR) is 119 cm³/mol. The first-order chi connectivity index (χ1) is 15.9. The van der Waals surface area contributed by atoms with Crippen molar-refractivity contribution in [1.29, 1.82) is 0 Å². The molecule has 0 spiro atoms. The second-order valence-electron chi connectivity index (χ2n) is 8.63. The van der Waals surface area contributed by atoms with E-state index in [-0.39, 0.29) is 53.5 Å². The molecule has 1 aromatic rings. The maximum absolute atomic E-state index is 13.0. The Morgan fingerprint density at radius 3 is 2.48 bits per heavy atom. The van der Waals surface area contributed by atoms with Gasteiger partial charge in [-0.1, -0.05) is 24.3 Å². The molecule has 170 valence electrons. The van der Waals surface area contributed by atoms with Gasteiger partial charge in [0, 0.05) is 5.70 Å². The monoisotopic (exact) mass is 448 g/mol. The summed E-state index contributed by atoms with van der Waals surface area (Å²) in [6.07, 6.45) is 4.83. The lowest BCUT2D eigenvalue weighted by atomic mass is 9.85. The van der Waals surface area contributed by atoms with Crippen molar-refractivity contribution in [3.8, 4) is 0 Å². The molecule has 3 amide bonds. The summed E-state index contributed by atoms with van der Waals surface area (Å²) in [4.78, 5) is 57.0. The Hall–Kier alpha value is -3.75. The largest absolute Gasteiger partial charge is 0.462 e. The van der Waals surface area contributed by atoms with Crippen LogP contribution < -0.4 is 10.6 Å². The first-order valence-electron chi connectivity index (χ1n) is 11.1. The van der Waals surface area contributed by atoms with Gasteiger partial charge in [-0.05, 0) is 44.2 Å². The first kappa shape index (κ1) is 21.1. The Morgan fingerprint density at radius 1 is 1.15 bits per heavy atom. The number of esters is 1. The number of carbonyl (C=O) groups excluding carboxylic acids is 4. The van der Waals surface area contributed by atoms with Crippen molar-refractivity contribution in [2.24, 2.45) is 28.7 Å². The molecule has 4 atom stereocenters. The highest BCUT2D eigenvalue weighted by Gasteiger charge is 2.59. The van der Waals surface area contributed by atoms with Crippen molar-refractivity contribution in [2.45, 2.75) is 20.3 Å². The zero-order chi connectivity index (χ0) is 23.3. The number of benzene rings is 1. The second kappa shape index (κ2) is 7.99. The van der Waals surface area contributed by atoms with E-state index in [0.29, 0.717) is 17.1 Å². The van der Waals surface area contributed by atoms with E-state index < -0.39 is 18.4 Å². The number of amidine groups is 1. The molecular weight excluding hydrogens is 424 g/mol. The number of likely N-dealkylation sites (tertiary alicyclic amines) is 1. The van der Waals surface area contributed by atoms with Crippen molar-refractivity contribution in [2.75, 3.05) is 18.5 Å².